The van der Waals surface area contributed by atoms with Gasteiger partial charge in [0.2, 0.25) is 0 Å². The van der Waals surface area contributed by atoms with E-state index in [0.717, 1.165) is 3.79 Å². The van der Waals surface area contributed by atoms with E-state index in [4.69, 9.17) is 0 Å². The Hall–Kier alpha value is -1.48. The summed E-state index contributed by atoms with van der Waals surface area (Å²) in [6.07, 6.45) is -1.45. The van der Waals surface area contributed by atoms with Gasteiger partial charge >= 0.3 is 6.09 Å². The van der Waals surface area contributed by atoms with Gasteiger partial charge in [0.25, 0.3) is 5.56 Å². The number of thiophene rings is 1. The zero-order chi connectivity index (χ0) is 15.6. The first-order valence-corrected chi connectivity index (χ1v) is 8.41. The summed E-state index contributed by atoms with van der Waals surface area (Å²) in [6.45, 7) is 0. The van der Waals surface area contributed by atoms with Crippen molar-refractivity contribution in [3.05, 3.63) is 26.0 Å². The highest BCUT2D eigenvalue weighted by Gasteiger charge is 2.55. The largest absolute Gasteiger partial charge is 0.465 e. The van der Waals surface area contributed by atoms with Crippen molar-refractivity contribution < 1.29 is 14.3 Å². The van der Waals surface area contributed by atoms with Crippen molar-refractivity contribution >= 4 is 43.6 Å². The van der Waals surface area contributed by atoms with Crippen molar-refractivity contribution in [3.63, 3.8) is 0 Å². The molecule has 116 valence electrons. The van der Waals surface area contributed by atoms with E-state index in [2.05, 4.69) is 25.9 Å². The molecule has 1 saturated heterocycles. The van der Waals surface area contributed by atoms with Crippen LogP contribution in [0.1, 0.15) is 24.7 Å². The summed E-state index contributed by atoms with van der Waals surface area (Å²) >= 11 is 4.56. The molecule has 4 rings (SSSR count). The van der Waals surface area contributed by atoms with Gasteiger partial charge in [0.1, 0.15) is 16.7 Å². The molecule has 0 spiro atoms. The minimum atomic E-state index is -1.10. The third-order valence-corrected chi connectivity index (χ3v) is 6.10. The topological polar surface area (TPSA) is 86.3 Å². The molecule has 9 heteroatoms. The number of rotatable bonds is 1. The van der Waals surface area contributed by atoms with Gasteiger partial charge in [-0.2, -0.15) is 0 Å². The Bertz CT molecular complexity index is 838. The molecular formula is C13H11BrFN3O3S. The smallest absolute Gasteiger partial charge is 0.408 e. The minimum absolute atomic E-state index is 0.226. The van der Waals surface area contributed by atoms with Gasteiger partial charge in [-0.3, -0.25) is 9.69 Å². The highest BCUT2D eigenvalue weighted by molar-refractivity contribution is 9.11. The van der Waals surface area contributed by atoms with Gasteiger partial charge in [-0.1, -0.05) is 0 Å². The molecule has 2 N–H and O–H groups in total. The molecule has 0 aromatic carbocycles. The Kier molecular flexibility index (Phi) is 3.06. The van der Waals surface area contributed by atoms with Crippen LogP contribution in [0.3, 0.4) is 0 Å². The van der Waals surface area contributed by atoms with Crippen molar-refractivity contribution in [2.45, 2.75) is 31.1 Å². The number of hydrogen-bond acceptors (Lipinski definition) is 4. The van der Waals surface area contributed by atoms with E-state index in [-0.39, 0.29) is 23.8 Å². The van der Waals surface area contributed by atoms with Gasteiger partial charge in [0.05, 0.1) is 15.3 Å². The van der Waals surface area contributed by atoms with Gasteiger partial charge in [-0.15, -0.1) is 11.3 Å². The van der Waals surface area contributed by atoms with Crippen LogP contribution in [0, 0.1) is 5.92 Å². The Labute approximate surface area is 136 Å². The molecule has 0 radical (unpaired) electrons. The summed E-state index contributed by atoms with van der Waals surface area (Å²) in [6, 6.07) is 0.656. The molecule has 2 aromatic rings. The number of alkyl halides is 1. The van der Waals surface area contributed by atoms with Crippen LogP contribution in [0.2, 0.25) is 0 Å². The lowest BCUT2D eigenvalue weighted by Gasteiger charge is -2.33. The van der Waals surface area contributed by atoms with E-state index >= 15 is 0 Å². The first-order valence-electron chi connectivity index (χ1n) is 6.80. The SMILES string of the molecule is O=C(O)N1[C@H]2C[C@H]([C@H](F)C2)[C@H]1c1nc2cc(Br)sc2c(=O)[nH]1. The molecule has 1 saturated carbocycles. The molecule has 3 heterocycles. The molecule has 2 bridgehead atoms. The summed E-state index contributed by atoms with van der Waals surface area (Å²) in [5.41, 5.74) is 0.179. The molecule has 2 aromatic heterocycles. The molecule has 6 nitrogen and oxygen atoms in total. The van der Waals surface area contributed by atoms with E-state index in [9.17, 15) is 19.1 Å². The summed E-state index contributed by atoms with van der Waals surface area (Å²) < 4.78 is 15.3. The Balaban J connectivity index is 1.86. The highest BCUT2D eigenvalue weighted by Crippen LogP contribution is 2.50. The monoisotopic (exact) mass is 387 g/mol. The maximum absolute atomic E-state index is 14.1. The van der Waals surface area contributed by atoms with Crippen LogP contribution in [-0.2, 0) is 0 Å². The van der Waals surface area contributed by atoms with E-state index < -0.39 is 24.2 Å². The molecule has 2 aliphatic rings. The van der Waals surface area contributed by atoms with Gasteiger partial charge in [-0.05, 0) is 34.8 Å². The van der Waals surface area contributed by atoms with E-state index in [1.54, 1.807) is 6.07 Å². The van der Waals surface area contributed by atoms with E-state index in [1.807, 2.05) is 0 Å². The average molecular weight is 388 g/mol. The number of carbonyl (C=O) groups is 1. The van der Waals surface area contributed by atoms with Crippen LogP contribution < -0.4 is 5.56 Å². The van der Waals surface area contributed by atoms with Crippen LogP contribution in [0.15, 0.2) is 14.6 Å². The van der Waals surface area contributed by atoms with Crippen LogP contribution in [-0.4, -0.2) is 38.3 Å². The summed E-state index contributed by atoms with van der Waals surface area (Å²) in [5.74, 6) is -0.205. The summed E-state index contributed by atoms with van der Waals surface area (Å²) in [5, 5.41) is 9.42. The fourth-order valence-electron chi connectivity index (χ4n) is 3.66. The summed E-state index contributed by atoms with van der Waals surface area (Å²) in [7, 11) is 0. The molecule has 0 unspecified atom stereocenters. The highest BCUT2D eigenvalue weighted by atomic mass is 79.9. The number of nitrogens with one attached hydrogen (secondary N) is 1. The second-order valence-corrected chi connectivity index (χ2v) is 8.09. The van der Waals surface area contributed by atoms with Crippen molar-refractivity contribution in [2.24, 2.45) is 5.92 Å². The standard InChI is InChI=1S/C13H11BrFN3O3S/c14-8-3-7-10(22-8)12(19)17-11(16-7)9-5-1-4(2-6(5)15)18(9)13(20)21/h3-6,9H,1-2H2,(H,20,21)(H,16,17,19)/t4-,5+,6+,9-/m0/s1. The van der Waals surface area contributed by atoms with Gasteiger partial charge in [0.15, 0.2) is 0 Å². The van der Waals surface area contributed by atoms with Gasteiger partial charge < -0.3 is 10.1 Å². The quantitative estimate of drug-likeness (QED) is 0.787. The lowest BCUT2D eigenvalue weighted by atomic mass is 9.96. The predicted molar refractivity (Wildman–Crippen MR) is 82.0 cm³/mol. The fourth-order valence-corrected chi connectivity index (χ4v) is 5.08. The first-order chi connectivity index (χ1) is 10.5. The number of amides is 1. The lowest BCUT2D eigenvalue weighted by molar-refractivity contribution is 0.0691. The Morgan fingerprint density at radius 2 is 2.32 bits per heavy atom. The number of aromatic nitrogens is 2. The van der Waals surface area contributed by atoms with Crippen molar-refractivity contribution in [2.75, 3.05) is 0 Å². The Morgan fingerprint density at radius 3 is 3.05 bits per heavy atom. The second kappa shape index (κ2) is 4.76. The van der Waals surface area contributed by atoms with E-state index in [1.165, 1.54) is 16.2 Å². The first kappa shape index (κ1) is 14.1. The Morgan fingerprint density at radius 1 is 1.55 bits per heavy atom. The number of aromatic amines is 1. The molecule has 1 aliphatic carbocycles. The maximum atomic E-state index is 14.1. The van der Waals surface area contributed by atoms with Crippen molar-refractivity contribution in [1.82, 2.24) is 14.9 Å². The van der Waals surface area contributed by atoms with Crippen LogP contribution in [0.25, 0.3) is 10.2 Å². The fraction of sp³-hybridized carbons (Fsp3) is 0.462. The third-order valence-electron chi connectivity index (χ3n) is 4.48. The molecule has 1 aliphatic heterocycles. The van der Waals surface area contributed by atoms with Crippen molar-refractivity contribution in [3.8, 4) is 0 Å². The molecular weight excluding hydrogens is 377 g/mol. The van der Waals surface area contributed by atoms with Crippen molar-refractivity contribution in [1.29, 1.82) is 0 Å². The van der Waals surface area contributed by atoms with Gasteiger partial charge in [0, 0.05) is 12.0 Å². The maximum Gasteiger partial charge on any atom is 0.408 e. The predicted octanol–water partition coefficient (Wildman–Crippen LogP) is 2.90. The van der Waals surface area contributed by atoms with Crippen LogP contribution in [0.5, 0.6) is 0 Å². The normalized spacial score (nSPS) is 30.4. The molecule has 2 fully saturated rings. The lowest BCUT2D eigenvalue weighted by Crippen LogP contribution is -2.43. The number of piperidine rings is 1. The number of carboxylic acid groups (broad SMARTS) is 1. The zero-order valence-corrected chi connectivity index (χ0v) is 13.5. The number of likely N-dealkylation sites (tertiary alicyclic amines) is 1. The number of halogens is 2. The van der Waals surface area contributed by atoms with Crippen LogP contribution >= 0.6 is 27.3 Å². The third kappa shape index (κ3) is 1.91. The summed E-state index contributed by atoms with van der Waals surface area (Å²) in [4.78, 5) is 31.9. The molecule has 4 atom stereocenters. The second-order valence-electron chi connectivity index (χ2n) is 5.66. The number of fused-ring (bicyclic) bond motifs is 3. The minimum Gasteiger partial charge on any atom is -0.465 e. The molecule has 22 heavy (non-hydrogen) atoms. The average Bonchev–Trinajstić information content (AvgIpc) is 3.08. The molecule has 1 amide bonds. The zero-order valence-electron chi connectivity index (χ0n) is 11.1. The number of hydrogen-bond donors (Lipinski definition) is 2. The number of H-pyrrole nitrogens is 1. The number of nitrogens with zero attached hydrogens (tertiary/aromatic N) is 2. The van der Waals surface area contributed by atoms with E-state index in [0.29, 0.717) is 16.6 Å². The van der Waals surface area contributed by atoms with Crippen LogP contribution in [0.4, 0.5) is 9.18 Å². The van der Waals surface area contributed by atoms with Gasteiger partial charge in [-0.25, -0.2) is 14.2 Å².